The van der Waals surface area contributed by atoms with E-state index in [1.807, 2.05) is 11.8 Å². The predicted octanol–water partition coefficient (Wildman–Crippen LogP) is 2.90. The highest BCUT2D eigenvalue weighted by molar-refractivity contribution is 6.17. The highest BCUT2D eigenvalue weighted by Crippen LogP contribution is 2.21. The first-order chi connectivity index (χ1) is 7.19. The number of piperidine rings is 1. The van der Waals surface area contributed by atoms with Crippen molar-refractivity contribution in [3.8, 4) is 0 Å². The summed E-state index contributed by atoms with van der Waals surface area (Å²) in [6.45, 7) is 5.97. The van der Waals surface area contributed by atoms with Crippen LogP contribution in [0.4, 0.5) is 0 Å². The van der Waals surface area contributed by atoms with Gasteiger partial charge in [0, 0.05) is 24.9 Å². The molecule has 0 aromatic heterocycles. The van der Waals surface area contributed by atoms with E-state index >= 15 is 0 Å². The molecule has 0 bridgehead atoms. The smallest absolute Gasteiger partial charge is 0.225 e. The van der Waals surface area contributed by atoms with Gasteiger partial charge < -0.3 is 4.90 Å². The molecule has 0 spiro atoms. The molecular weight excluding hydrogens is 210 g/mol. The van der Waals surface area contributed by atoms with Crippen molar-refractivity contribution >= 4 is 17.5 Å². The molecule has 2 atom stereocenters. The van der Waals surface area contributed by atoms with Crippen molar-refractivity contribution < 1.29 is 4.79 Å². The number of alkyl halides is 1. The highest BCUT2D eigenvalue weighted by Gasteiger charge is 2.25. The molecule has 15 heavy (non-hydrogen) atoms. The minimum atomic E-state index is 0.180. The largest absolute Gasteiger partial charge is 0.342 e. The minimum Gasteiger partial charge on any atom is -0.342 e. The van der Waals surface area contributed by atoms with Crippen LogP contribution in [0.3, 0.4) is 0 Å². The van der Waals surface area contributed by atoms with E-state index in [0.29, 0.717) is 11.8 Å². The molecule has 0 aromatic rings. The molecule has 1 amide bonds. The number of hydrogen-bond acceptors (Lipinski definition) is 1. The van der Waals surface area contributed by atoms with Crippen molar-refractivity contribution in [2.75, 3.05) is 19.0 Å². The zero-order valence-corrected chi connectivity index (χ0v) is 10.6. The Hall–Kier alpha value is -0.240. The quantitative estimate of drug-likeness (QED) is 0.682. The van der Waals surface area contributed by atoms with E-state index in [-0.39, 0.29) is 5.92 Å². The molecule has 0 saturated carbocycles. The lowest BCUT2D eigenvalue weighted by molar-refractivity contribution is -0.136. The molecule has 1 fully saturated rings. The summed E-state index contributed by atoms with van der Waals surface area (Å²) < 4.78 is 0. The standard InChI is InChI=1S/C12H22ClNO/c1-3-10(2)12(15)14-8-4-5-11(9-14)6-7-13/h10-11H,3-9H2,1-2H3. The number of hydrogen-bond donors (Lipinski definition) is 0. The Morgan fingerprint density at radius 3 is 2.93 bits per heavy atom. The van der Waals surface area contributed by atoms with Crippen LogP contribution in [0.15, 0.2) is 0 Å². The second kappa shape index (κ2) is 6.37. The molecule has 88 valence electrons. The molecule has 1 rings (SSSR count). The van der Waals surface area contributed by atoms with E-state index in [1.165, 1.54) is 6.42 Å². The Bertz CT molecular complexity index is 206. The predicted molar refractivity (Wildman–Crippen MR) is 64.1 cm³/mol. The minimum absolute atomic E-state index is 0.180. The van der Waals surface area contributed by atoms with Crippen LogP contribution in [0.1, 0.15) is 39.5 Å². The summed E-state index contributed by atoms with van der Waals surface area (Å²) in [4.78, 5) is 14.0. The lowest BCUT2D eigenvalue weighted by Crippen LogP contribution is -2.42. The number of halogens is 1. The summed E-state index contributed by atoms with van der Waals surface area (Å²) >= 11 is 5.75. The van der Waals surface area contributed by atoms with Crippen LogP contribution in [-0.4, -0.2) is 29.8 Å². The van der Waals surface area contributed by atoms with E-state index in [2.05, 4.69) is 6.92 Å². The zero-order valence-electron chi connectivity index (χ0n) is 9.84. The van der Waals surface area contributed by atoms with Gasteiger partial charge in [-0.25, -0.2) is 0 Å². The van der Waals surface area contributed by atoms with Gasteiger partial charge in [0.25, 0.3) is 0 Å². The maximum absolute atomic E-state index is 12.0. The highest BCUT2D eigenvalue weighted by atomic mass is 35.5. The maximum atomic E-state index is 12.0. The number of rotatable bonds is 4. The van der Waals surface area contributed by atoms with Crippen LogP contribution in [0.25, 0.3) is 0 Å². The van der Waals surface area contributed by atoms with Crippen molar-refractivity contribution in [3.05, 3.63) is 0 Å². The summed E-state index contributed by atoms with van der Waals surface area (Å²) in [6.07, 6.45) is 4.36. The van der Waals surface area contributed by atoms with E-state index < -0.39 is 0 Å². The summed E-state index contributed by atoms with van der Waals surface area (Å²) in [7, 11) is 0. The first-order valence-electron chi connectivity index (χ1n) is 6.03. The van der Waals surface area contributed by atoms with Crippen molar-refractivity contribution in [3.63, 3.8) is 0 Å². The van der Waals surface area contributed by atoms with E-state index in [1.54, 1.807) is 0 Å². The lowest BCUT2D eigenvalue weighted by Gasteiger charge is -2.34. The molecule has 0 aliphatic carbocycles. The maximum Gasteiger partial charge on any atom is 0.225 e. The summed E-state index contributed by atoms with van der Waals surface area (Å²) in [5, 5.41) is 0. The third-order valence-corrected chi connectivity index (χ3v) is 3.60. The van der Waals surface area contributed by atoms with Crippen LogP contribution in [0, 0.1) is 11.8 Å². The zero-order chi connectivity index (χ0) is 11.3. The van der Waals surface area contributed by atoms with Gasteiger partial charge in [0.2, 0.25) is 5.91 Å². The van der Waals surface area contributed by atoms with E-state index in [4.69, 9.17) is 11.6 Å². The fourth-order valence-electron chi connectivity index (χ4n) is 2.14. The van der Waals surface area contributed by atoms with E-state index in [0.717, 1.165) is 38.2 Å². The Balaban J connectivity index is 2.44. The van der Waals surface area contributed by atoms with Gasteiger partial charge in [-0.3, -0.25) is 4.79 Å². The molecule has 0 radical (unpaired) electrons. The Labute approximate surface area is 98.0 Å². The van der Waals surface area contributed by atoms with Crippen LogP contribution in [-0.2, 0) is 4.79 Å². The average Bonchev–Trinajstić information content (AvgIpc) is 2.28. The summed E-state index contributed by atoms with van der Waals surface area (Å²) in [5.41, 5.74) is 0. The number of carbonyl (C=O) groups is 1. The molecule has 2 nitrogen and oxygen atoms in total. The van der Waals surface area contributed by atoms with Crippen molar-refractivity contribution in [2.45, 2.75) is 39.5 Å². The van der Waals surface area contributed by atoms with Gasteiger partial charge in [-0.2, -0.15) is 0 Å². The Morgan fingerprint density at radius 2 is 2.33 bits per heavy atom. The van der Waals surface area contributed by atoms with Gasteiger partial charge in [0.05, 0.1) is 0 Å². The Kier molecular flexibility index (Phi) is 5.44. The monoisotopic (exact) mass is 231 g/mol. The van der Waals surface area contributed by atoms with Crippen LogP contribution >= 0.6 is 11.6 Å². The third-order valence-electron chi connectivity index (χ3n) is 3.38. The van der Waals surface area contributed by atoms with Gasteiger partial charge in [-0.15, -0.1) is 11.6 Å². The molecule has 3 heteroatoms. The number of likely N-dealkylation sites (tertiary alicyclic amines) is 1. The first kappa shape index (κ1) is 12.8. The molecule has 1 saturated heterocycles. The summed E-state index contributed by atoms with van der Waals surface area (Å²) in [6, 6.07) is 0. The van der Waals surface area contributed by atoms with Crippen molar-refractivity contribution in [2.24, 2.45) is 11.8 Å². The van der Waals surface area contributed by atoms with Crippen molar-refractivity contribution in [1.29, 1.82) is 0 Å². The average molecular weight is 232 g/mol. The van der Waals surface area contributed by atoms with Gasteiger partial charge in [0.1, 0.15) is 0 Å². The molecule has 1 aliphatic heterocycles. The van der Waals surface area contributed by atoms with Crippen LogP contribution < -0.4 is 0 Å². The van der Waals surface area contributed by atoms with Gasteiger partial charge >= 0.3 is 0 Å². The lowest BCUT2D eigenvalue weighted by atomic mass is 9.94. The second-order valence-corrected chi connectivity index (χ2v) is 4.96. The van der Waals surface area contributed by atoms with Gasteiger partial charge in [0.15, 0.2) is 0 Å². The Morgan fingerprint density at radius 1 is 1.60 bits per heavy atom. The fourth-order valence-corrected chi connectivity index (χ4v) is 2.45. The number of amides is 1. The molecule has 0 N–H and O–H groups in total. The normalized spacial score (nSPS) is 23.9. The molecule has 0 aromatic carbocycles. The molecule has 2 unspecified atom stereocenters. The topological polar surface area (TPSA) is 20.3 Å². The summed E-state index contributed by atoms with van der Waals surface area (Å²) in [5.74, 6) is 1.86. The first-order valence-corrected chi connectivity index (χ1v) is 6.57. The van der Waals surface area contributed by atoms with Gasteiger partial charge in [-0.1, -0.05) is 13.8 Å². The number of nitrogens with zero attached hydrogens (tertiary/aromatic N) is 1. The van der Waals surface area contributed by atoms with E-state index in [9.17, 15) is 4.79 Å². The van der Waals surface area contributed by atoms with Crippen LogP contribution in [0.2, 0.25) is 0 Å². The third kappa shape index (κ3) is 3.67. The van der Waals surface area contributed by atoms with Crippen LogP contribution in [0.5, 0.6) is 0 Å². The SMILES string of the molecule is CCC(C)C(=O)N1CCCC(CCCl)C1. The molecule has 1 aliphatic rings. The second-order valence-electron chi connectivity index (χ2n) is 4.58. The molecular formula is C12H22ClNO. The fraction of sp³-hybridized carbons (Fsp3) is 0.917. The number of carbonyl (C=O) groups excluding carboxylic acids is 1. The van der Waals surface area contributed by atoms with Crippen molar-refractivity contribution in [1.82, 2.24) is 4.90 Å². The van der Waals surface area contributed by atoms with Gasteiger partial charge in [-0.05, 0) is 31.6 Å². The molecule has 1 heterocycles.